The minimum atomic E-state index is -0.412. The lowest BCUT2D eigenvalue weighted by atomic mass is 9.94. The first-order valence-electron chi connectivity index (χ1n) is 7.27. The molecule has 2 N–H and O–H groups in total. The molecule has 1 saturated heterocycles. The van der Waals surface area contributed by atoms with Crippen molar-refractivity contribution in [3.8, 4) is 0 Å². The summed E-state index contributed by atoms with van der Waals surface area (Å²) in [6.45, 7) is 5.36. The highest BCUT2D eigenvalue weighted by Gasteiger charge is 2.34. The number of rotatable bonds is 4. The maximum atomic E-state index is 10.9. The van der Waals surface area contributed by atoms with Crippen LogP contribution in [-0.4, -0.2) is 47.7 Å². The Labute approximate surface area is 110 Å². The summed E-state index contributed by atoms with van der Waals surface area (Å²) in [5, 5.41) is 13.3. The average molecular weight is 254 g/mol. The van der Waals surface area contributed by atoms with Crippen molar-refractivity contribution in [2.24, 2.45) is 5.92 Å². The lowest BCUT2D eigenvalue weighted by Crippen LogP contribution is -2.45. The summed E-state index contributed by atoms with van der Waals surface area (Å²) in [6, 6.07) is 0. The van der Waals surface area contributed by atoms with Crippen molar-refractivity contribution in [3.05, 3.63) is 0 Å². The van der Waals surface area contributed by atoms with Gasteiger partial charge in [0.1, 0.15) is 0 Å². The van der Waals surface area contributed by atoms with Crippen LogP contribution in [0.25, 0.3) is 0 Å². The average Bonchev–Trinajstić information content (AvgIpc) is 2.75. The molecule has 1 aliphatic heterocycles. The number of carbonyl (C=O) groups excluding carboxylic acids is 1. The summed E-state index contributed by atoms with van der Waals surface area (Å²) < 4.78 is 0. The van der Waals surface area contributed by atoms with E-state index in [9.17, 15) is 9.90 Å². The van der Waals surface area contributed by atoms with Gasteiger partial charge in [-0.15, -0.1) is 0 Å². The molecule has 0 aromatic heterocycles. The van der Waals surface area contributed by atoms with E-state index in [1.54, 1.807) is 6.92 Å². The Hall–Kier alpha value is -0.610. The first-order valence-corrected chi connectivity index (χ1v) is 7.27. The Balaban J connectivity index is 1.68. The second-order valence-electron chi connectivity index (χ2n) is 6.09. The van der Waals surface area contributed by atoms with Gasteiger partial charge in [0.05, 0.1) is 5.60 Å². The number of likely N-dealkylation sites (tertiary alicyclic amines) is 1. The Bertz CT molecular complexity index is 280. The predicted octanol–water partition coefficient (Wildman–Crippen LogP) is 1.14. The van der Waals surface area contributed by atoms with Crippen LogP contribution in [0.3, 0.4) is 0 Å². The summed E-state index contributed by atoms with van der Waals surface area (Å²) in [5.74, 6) is 0.682. The number of hydrogen-bond donors (Lipinski definition) is 2. The Morgan fingerprint density at radius 2 is 1.94 bits per heavy atom. The van der Waals surface area contributed by atoms with Gasteiger partial charge in [0.2, 0.25) is 5.91 Å². The van der Waals surface area contributed by atoms with Crippen LogP contribution in [0, 0.1) is 5.92 Å². The number of amides is 1. The molecule has 0 atom stereocenters. The third-order valence-electron chi connectivity index (χ3n) is 4.40. The molecule has 1 amide bonds. The number of hydrogen-bond acceptors (Lipinski definition) is 3. The zero-order valence-electron chi connectivity index (χ0n) is 11.5. The largest absolute Gasteiger partial charge is 0.389 e. The van der Waals surface area contributed by atoms with E-state index in [0.717, 1.165) is 51.9 Å². The van der Waals surface area contributed by atoms with Gasteiger partial charge < -0.3 is 15.3 Å². The van der Waals surface area contributed by atoms with Crippen molar-refractivity contribution >= 4 is 5.91 Å². The molecule has 2 fully saturated rings. The van der Waals surface area contributed by atoms with Gasteiger partial charge in [-0.25, -0.2) is 0 Å². The van der Waals surface area contributed by atoms with Gasteiger partial charge in [-0.3, -0.25) is 4.79 Å². The van der Waals surface area contributed by atoms with Crippen LogP contribution in [0.1, 0.15) is 45.4 Å². The highest BCUT2D eigenvalue weighted by Crippen LogP contribution is 2.31. The molecule has 2 rings (SSSR count). The summed E-state index contributed by atoms with van der Waals surface area (Å²) in [5.41, 5.74) is -0.412. The lowest BCUT2D eigenvalue weighted by Gasteiger charge is -2.36. The van der Waals surface area contributed by atoms with Crippen LogP contribution in [0.15, 0.2) is 0 Å². The van der Waals surface area contributed by atoms with Gasteiger partial charge in [0.15, 0.2) is 0 Å². The molecule has 2 aliphatic rings. The second-order valence-corrected chi connectivity index (χ2v) is 6.09. The molecule has 0 aromatic rings. The van der Waals surface area contributed by atoms with E-state index in [-0.39, 0.29) is 5.91 Å². The summed E-state index contributed by atoms with van der Waals surface area (Å²) in [4.78, 5) is 13.3. The van der Waals surface area contributed by atoms with Gasteiger partial charge in [-0.1, -0.05) is 12.8 Å². The predicted molar refractivity (Wildman–Crippen MR) is 71.3 cm³/mol. The normalized spacial score (nSPS) is 25.2. The molecular formula is C14H26N2O2. The number of aliphatic hydroxyl groups is 1. The minimum absolute atomic E-state index is 0.0673. The summed E-state index contributed by atoms with van der Waals surface area (Å²) in [6.07, 6.45) is 6.56. The van der Waals surface area contributed by atoms with Crippen LogP contribution < -0.4 is 5.32 Å². The molecular weight excluding hydrogens is 228 g/mol. The molecule has 0 radical (unpaired) electrons. The molecule has 0 aromatic carbocycles. The molecule has 18 heavy (non-hydrogen) atoms. The van der Waals surface area contributed by atoms with Crippen molar-refractivity contribution < 1.29 is 9.90 Å². The first kappa shape index (κ1) is 13.8. The molecule has 0 unspecified atom stereocenters. The standard InChI is InChI=1S/C14H26N2O2/c1-12(17)15-10-13-4-8-16(9-5-13)11-14(18)6-2-3-7-14/h13,18H,2-11H2,1H3,(H,15,17). The number of carbonyl (C=O) groups is 1. The van der Waals surface area contributed by atoms with Crippen molar-refractivity contribution in [1.29, 1.82) is 0 Å². The maximum Gasteiger partial charge on any atom is 0.216 e. The highest BCUT2D eigenvalue weighted by atomic mass is 16.3. The van der Waals surface area contributed by atoms with Crippen molar-refractivity contribution in [2.75, 3.05) is 26.2 Å². The van der Waals surface area contributed by atoms with E-state index >= 15 is 0 Å². The van der Waals surface area contributed by atoms with E-state index in [4.69, 9.17) is 0 Å². The zero-order chi connectivity index (χ0) is 13.0. The lowest BCUT2D eigenvalue weighted by molar-refractivity contribution is -0.119. The quantitative estimate of drug-likeness (QED) is 0.791. The van der Waals surface area contributed by atoms with E-state index in [1.165, 1.54) is 12.8 Å². The fourth-order valence-corrected chi connectivity index (χ4v) is 3.24. The van der Waals surface area contributed by atoms with Gasteiger partial charge in [-0.05, 0) is 44.7 Å². The summed E-state index contributed by atoms with van der Waals surface area (Å²) in [7, 11) is 0. The van der Waals surface area contributed by atoms with E-state index in [2.05, 4.69) is 10.2 Å². The maximum absolute atomic E-state index is 10.9. The Morgan fingerprint density at radius 1 is 1.33 bits per heavy atom. The van der Waals surface area contributed by atoms with Gasteiger partial charge in [0.25, 0.3) is 0 Å². The second kappa shape index (κ2) is 6.02. The van der Waals surface area contributed by atoms with Crippen LogP contribution >= 0.6 is 0 Å². The Kier molecular flexibility index (Phi) is 4.62. The van der Waals surface area contributed by atoms with Crippen molar-refractivity contribution in [2.45, 2.75) is 51.0 Å². The first-order chi connectivity index (χ1) is 8.57. The number of β-amino-alcohol motifs (C(OH)–C–C–N with tert-alkyl or cyclic N) is 1. The zero-order valence-corrected chi connectivity index (χ0v) is 11.5. The van der Waals surface area contributed by atoms with Gasteiger partial charge >= 0.3 is 0 Å². The van der Waals surface area contributed by atoms with Crippen molar-refractivity contribution in [1.82, 2.24) is 10.2 Å². The molecule has 4 nitrogen and oxygen atoms in total. The van der Waals surface area contributed by atoms with Crippen LogP contribution in [0.5, 0.6) is 0 Å². The van der Waals surface area contributed by atoms with Crippen LogP contribution in [0.4, 0.5) is 0 Å². The van der Waals surface area contributed by atoms with Gasteiger partial charge in [0, 0.05) is 20.0 Å². The number of nitrogens with one attached hydrogen (secondary N) is 1. The SMILES string of the molecule is CC(=O)NCC1CCN(CC2(O)CCCC2)CC1. The molecule has 104 valence electrons. The molecule has 1 aliphatic carbocycles. The third kappa shape index (κ3) is 3.95. The van der Waals surface area contributed by atoms with E-state index < -0.39 is 5.60 Å². The minimum Gasteiger partial charge on any atom is -0.389 e. The fraction of sp³-hybridized carbons (Fsp3) is 0.929. The molecule has 1 saturated carbocycles. The Morgan fingerprint density at radius 3 is 2.50 bits per heavy atom. The van der Waals surface area contributed by atoms with Crippen LogP contribution in [-0.2, 0) is 4.79 Å². The molecule has 4 heteroatoms. The smallest absolute Gasteiger partial charge is 0.216 e. The monoisotopic (exact) mass is 254 g/mol. The summed E-state index contributed by atoms with van der Waals surface area (Å²) >= 11 is 0. The number of nitrogens with zero attached hydrogens (tertiary/aromatic N) is 1. The van der Waals surface area contributed by atoms with Gasteiger partial charge in [-0.2, -0.15) is 0 Å². The number of piperidine rings is 1. The van der Waals surface area contributed by atoms with E-state index in [0.29, 0.717) is 5.92 Å². The third-order valence-corrected chi connectivity index (χ3v) is 4.40. The van der Waals surface area contributed by atoms with Crippen LogP contribution in [0.2, 0.25) is 0 Å². The molecule has 0 bridgehead atoms. The highest BCUT2D eigenvalue weighted by molar-refractivity contribution is 5.72. The topological polar surface area (TPSA) is 52.6 Å². The van der Waals surface area contributed by atoms with E-state index in [1.807, 2.05) is 0 Å². The fourth-order valence-electron chi connectivity index (χ4n) is 3.24. The molecule has 0 spiro atoms. The molecule has 1 heterocycles. The van der Waals surface area contributed by atoms with Crippen molar-refractivity contribution in [3.63, 3.8) is 0 Å².